The average molecular weight is 716 g/mol. The maximum absolute atomic E-state index is 15.8. The molecule has 2 unspecified atom stereocenters. The van der Waals surface area contributed by atoms with Crippen molar-refractivity contribution in [2.75, 3.05) is 0 Å². The van der Waals surface area contributed by atoms with Gasteiger partial charge >= 0.3 is 0 Å². The maximum Gasteiger partial charge on any atom is 0.172 e. The van der Waals surface area contributed by atoms with Gasteiger partial charge in [-0.15, -0.1) is 0 Å². The molecule has 2 aliphatic heterocycles. The standard InChI is InChI=1S/C48H31NO2P2/c50-52(36-19-6-2-7-20-36)42-27-14-28-43-46(42)47-44(52)30-34(31-45(47)53(43,51)37-21-8-3-9-22-37)32-15-12-16-33(29-32)38-24-13-25-40-39-23-10-11-26-41(39)49(48(38)40)35-17-4-1-5-18-35/h1-31H. The molecule has 3 heterocycles. The van der Waals surface area contributed by atoms with Crippen molar-refractivity contribution >= 4 is 67.9 Å². The van der Waals surface area contributed by atoms with Crippen LogP contribution in [0.15, 0.2) is 188 Å². The van der Waals surface area contributed by atoms with Gasteiger partial charge in [-0.05, 0) is 53.1 Å². The van der Waals surface area contributed by atoms with Gasteiger partial charge in [0.1, 0.15) is 0 Å². The van der Waals surface area contributed by atoms with Gasteiger partial charge in [0.05, 0.1) is 11.0 Å². The zero-order valence-electron chi connectivity index (χ0n) is 28.6. The van der Waals surface area contributed by atoms with E-state index in [9.17, 15) is 0 Å². The van der Waals surface area contributed by atoms with Crippen LogP contribution < -0.4 is 31.8 Å². The highest BCUT2D eigenvalue weighted by Crippen LogP contribution is 2.61. The van der Waals surface area contributed by atoms with Gasteiger partial charge in [-0.1, -0.05) is 152 Å². The maximum atomic E-state index is 15.8. The normalized spacial score (nSPS) is 18.1. The number of aromatic nitrogens is 1. The molecule has 5 heteroatoms. The Bertz CT molecular complexity index is 2960. The van der Waals surface area contributed by atoms with Crippen molar-refractivity contribution in [1.29, 1.82) is 0 Å². The number of hydrogen-bond donors (Lipinski definition) is 0. The molecule has 0 aliphatic carbocycles. The van der Waals surface area contributed by atoms with E-state index in [2.05, 4.69) is 114 Å². The van der Waals surface area contributed by atoms with Gasteiger partial charge in [-0.25, -0.2) is 0 Å². The average Bonchev–Trinajstić information content (AvgIpc) is 3.81. The molecule has 250 valence electrons. The third-order valence-electron chi connectivity index (χ3n) is 11.2. The molecule has 0 bridgehead atoms. The van der Waals surface area contributed by atoms with Crippen LogP contribution >= 0.6 is 14.3 Å². The minimum atomic E-state index is -3.27. The van der Waals surface area contributed by atoms with Gasteiger partial charge < -0.3 is 13.7 Å². The molecule has 0 amide bonds. The molecule has 2 atom stereocenters. The highest BCUT2D eigenvalue weighted by molar-refractivity contribution is 7.89. The van der Waals surface area contributed by atoms with Gasteiger partial charge in [0.2, 0.25) is 0 Å². The number of rotatable bonds is 5. The van der Waals surface area contributed by atoms with Crippen LogP contribution in [0.1, 0.15) is 0 Å². The van der Waals surface area contributed by atoms with Crippen LogP contribution in [0.5, 0.6) is 0 Å². The summed E-state index contributed by atoms with van der Waals surface area (Å²) >= 11 is 0. The molecule has 53 heavy (non-hydrogen) atoms. The SMILES string of the molecule is O=P1(c2ccccc2)c2cccc3c2-c2c1cc(-c1cccc(-c4cccc5c6ccccc6n(-c6ccccc6)c45)c1)cc2P3(=O)c1ccccc1. The highest BCUT2D eigenvalue weighted by atomic mass is 31.2. The Morgan fingerprint density at radius 2 is 0.887 bits per heavy atom. The van der Waals surface area contributed by atoms with Crippen molar-refractivity contribution in [1.82, 2.24) is 4.57 Å². The third kappa shape index (κ3) is 4.13. The molecule has 1 aromatic heterocycles. The smallest absolute Gasteiger partial charge is 0.172 e. The van der Waals surface area contributed by atoms with Gasteiger partial charge in [0, 0.05) is 65.0 Å². The predicted octanol–water partition coefficient (Wildman–Crippen LogP) is 9.69. The van der Waals surface area contributed by atoms with E-state index in [-0.39, 0.29) is 0 Å². The van der Waals surface area contributed by atoms with Gasteiger partial charge in [-0.2, -0.15) is 0 Å². The van der Waals surface area contributed by atoms with Gasteiger partial charge in [0.15, 0.2) is 14.3 Å². The fourth-order valence-corrected chi connectivity index (χ4v) is 15.3. The van der Waals surface area contributed by atoms with Crippen LogP contribution in [0.3, 0.4) is 0 Å². The first-order valence-electron chi connectivity index (χ1n) is 17.9. The van der Waals surface area contributed by atoms with Crippen molar-refractivity contribution in [3.05, 3.63) is 188 Å². The summed E-state index contributed by atoms with van der Waals surface area (Å²) < 4.78 is 33.9. The minimum Gasteiger partial charge on any atom is -0.309 e. The second-order valence-corrected chi connectivity index (χ2v) is 19.3. The topological polar surface area (TPSA) is 39.1 Å². The first-order valence-corrected chi connectivity index (χ1v) is 21.3. The summed E-state index contributed by atoms with van der Waals surface area (Å²) in [5.74, 6) is 0. The van der Waals surface area contributed by atoms with E-state index in [1.807, 2.05) is 78.9 Å². The van der Waals surface area contributed by atoms with Crippen molar-refractivity contribution in [3.63, 3.8) is 0 Å². The lowest BCUT2D eigenvalue weighted by Crippen LogP contribution is -2.28. The van der Waals surface area contributed by atoms with Crippen LogP contribution in [0.2, 0.25) is 0 Å². The summed E-state index contributed by atoms with van der Waals surface area (Å²) in [5.41, 5.74) is 9.30. The fourth-order valence-electron chi connectivity index (χ4n) is 8.90. The number of fused-ring (bicyclic) bond motifs is 3. The lowest BCUT2D eigenvalue weighted by molar-refractivity contribution is 0.592. The number of nitrogens with zero attached hydrogens (tertiary/aromatic N) is 1. The second kappa shape index (κ2) is 11.3. The molecular weight excluding hydrogens is 684 g/mol. The third-order valence-corrected chi connectivity index (χ3v) is 17.4. The Labute approximate surface area is 307 Å². The zero-order chi connectivity index (χ0) is 35.3. The molecule has 0 fully saturated rings. The summed E-state index contributed by atoms with van der Waals surface area (Å²) in [6, 6.07) is 64.1. The van der Waals surface area contributed by atoms with Crippen LogP contribution in [0.4, 0.5) is 0 Å². The van der Waals surface area contributed by atoms with Crippen LogP contribution in [-0.2, 0) is 9.13 Å². The molecule has 11 rings (SSSR count). The first-order chi connectivity index (χ1) is 26.1. The summed E-state index contributed by atoms with van der Waals surface area (Å²) in [6.45, 7) is 0. The molecular formula is C48H31NO2P2. The lowest BCUT2D eigenvalue weighted by Gasteiger charge is -2.23. The summed E-state index contributed by atoms with van der Waals surface area (Å²) in [5, 5.41) is 7.14. The molecule has 0 saturated carbocycles. The van der Waals surface area contributed by atoms with E-state index in [4.69, 9.17) is 0 Å². The molecule has 0 radical (unpaired) electrons. The lowest BCUT2D eigenvalue weighted by atomic mass is 9.96. The molecule has 9 aromatic rings. The Morgan fingerprint density at radius 3 is 1.55 bits per heavy atom. The first kappa shape index (κ1) is 30.6. The van der Waals surface area contributed by atoms with Gasteiger partial charge in [0.25, 0.3) is 0 Å². The van der Waals surface area contributed by atoms with E-state index >= 15 is 9.13 Å². The summed E-state index contributed by atoms with van der Waals surface area (Å²) in [4.78, 5) is 0. The Morgan fingerprint density at radius 1 is 0.377 bits per heavy atom. The number of para-hydroxylation sites is 3. The monoisotopic (exact) mass is 715 g/mol. The van der Waals surface area contributed by atoms with Crippen LogP contribution in [-0.4, -0.2) is 4.57 Å². The fraction of sp³-hybridized carbons (Fsp3) is 0. The van der Waals surface area contributed by atoms with Crippen molar-refractivity contribution < 1.29 is 9.13 Å². The second-order valence-electron chi connectivity index (χ2n) is 13.9. The molecule has 2 aliphatic rings. The summed E-state index contributed by atoms with van der Waals surface area (Å²) in [6.07, 6.45) is 0. The molecule has 0 spiro atoms. The molecule has 3 nitrogen and oxygen atoms in total. The molecule has 8 aromatic carbocycles. The van der Waals surface area contributed by atoms with E-state index < -0.39 is 14.3 Å². The van der Waals surface area contributed by atoms with Crippen LogP contribution in [0, 0.1) is 0 Å². The summed E-state index contributed by atoms with van der Waals surface area (Å²) in [7, 11) is -6.54. The van der Waals surface area contributed by atoms with E-state index in [0.29, 0.717) is 0 Å². The molecule has 0 N–H and O–H groups in total. The van der Waals surface area contributed by atoms with E-state index in [1.165, 1.54) is 10.8 Å². The quantitative estimate of drug-likeness (QED) is 0.167. The van der Waals surface area contributed by atoms with E-state index in [1.54, 1.807) is 0 Å². The minimum absolute atomic E-state index is 0.781. The predicted molar refractivity (Wildman–Crippen MR) is 223 cm³/mol. The van der Waals surface area contributed by atoms with Gasteiger partial charge in [-0.3, -0.25) is 0 Å². The van der Waals surface area contributed by atoms with Crippen molar-refractivity contribution in [2.24, 2.45) is 0 Å². The van der Waals surface area contributed by atoms with Crippen molar-refractivity contribution in [2.45, 2.75) is 0 Å². The van der Waals surface area contributed by atoms with Crippen molar-refractivity contribution in [3.8, 4) is 39.1 Å². The largest absolute Gasteiger partial charge is 0.309 e. The highest BCUT2D eigenvalue weighted by Gasteiger charge is 2.52. The Hall–Kier alpha value is -5.98. The number of benzene rings is 8. The Balaban J connectivity index is 1.17. The van der Waals surface area contributed by atoms with E-state index in [0.717, 1.165) is 81.9 Å². The van der Waals surface area contributed by atoms with Crippen LogP contribution in [0.25, 0.3) is 60.9 Å². The Kier molecular flexibility index (Phi) is 6.51. The molecule has 0 saturated heterocycles. The number of hydrogen-bond acceptors (Lipinski definition) is 2. The zero-order valence-corrected chi connectivity index (χ0v) is 30.3.